The maximum Gasteiger partial charge on any atom is 0.255 e. The van der Waals surface area contributed by atoms with Crippen LogP contribution in [0.5, 0.6) is 0 Å². The highest BCUT2D eigenvalue weighted by atomic mass is 32.2. The molecule has 1 aromatic rings. The monoisotopic (exact) mass is 395 g/mol. The smallest absolute Gasteiger partial charge is 0.255 e. The lowest BCUT2D eigenvalue weighted by atomic mass is 9.95. The Hall–Kier alpha value is -1.55. The lowest BCUT2D eigenvalue weighted by Crippen LogP contribution is -2.41. The Morgan fingerprint density at radius 1 is 1.37 bits per heavy atom. The number of hydrazine groups is 1. The lowest BCUT2D eigenvalue weighted by molar-refractivity contribution is 0.0782. The molecule has 2 fully saturated rings. The van der Waals surface area contributed by atoms with Crippen molar-refractivity contribution in [2.24, 2.45) is 0 Å². The predicted molar refractivity (Wildman–Crippen MR) is 104 cm³/mol. The van der Waals surface area contributed by atoms with Crippen LogP contribution in [0.25, 0.3) is 0 Å². The molecule has 2 aliphatic rings. The van der Waals surface area contributed by atoms with E-state index in [4.69, 9.17) is 0 Å². The average molecular weight is 396 g/mol. The molecule has 2 N–H and O–H groups in total. The van der Waals surface area contributed by atoms with Crippen LogP contribution in [-0.4, -0.2) is 73.5 Å². The van der Waals surface area contributed by atoms with Gasteiger partial charge in [0.25, 0.3) is 5.91 Å². The summed E-state index contributed by atoms with van der Waals surface area (Å²) in [4.78, 5) is 18.8. The van der Waals surface area contributed by atoms with Crippen LogP contribution in [-0.2, 0) is 10.0 Å². The second-order valence-electron chi connectivity index (χ2n) is 7.74. The quantitative estimate of drug-likeness (QED) is 0.756. The highest BCUT2D eigenvalue weighted by molar-refractivity contribution is 7.88. The zero-order valence-electron chi connectivity index (χ0n) is 16.2. The number of likely N-dealkylation sites (N-methyl/N-ethyl adjacent to an activating group) is 1. The molecule has 150 valence electrons. The van der Waals surface area contributed by atoms with Gasteiger partial charge in [-0.1, -0.05) is 0 Å². The maximum atomic E-state index is 12.6. The summed E-state index contributed by atoms with van der Waals surface area (Å²) in [5, 5.41) is 0. The van der Waals surface area contributed by atoms with E-state index in [9.17, 15) is 13.2 Å². The predicted octanol–water partition coefficient (Wildman–Crippen LogP) is 0.548. The molecule has 0 aliphatic carbocycles. The summed E-state index contributed by atoms with van der Waals surface area (Å²) in [7, 11) is -1.38. The molecule has 2 saturated heterocycles. The molecule has 0 bridgehead atoms. The van der Waals surface area contributed by atoms with Crippen LogP contribution in [0.2, 0.25) is 0 Å². The van der Waals surface area contributed by atoms with E-state index in [1.807, 2.05) is 6.07 Å². The summed E-state index contributed by atoms with van der Waals surface area (Å²) in [5.74, 6) is 0.0161. The molecule has 27 heavy (non-hydrogen) atoms. The Kier molecular flexibility index (Phi) is 6.15. The molecule has 3 atom stereocenters. The van der Waals surface area contributed by atoms with Gasteiger partial charge in [0, 0.05) is 56.6 Å². The van der Waals surface area contributed by atoms with Crippen molar-refractivity contribution >= 4 is 15.9 Å². The molecular weight excluding hydrogens is 366 g/mol. The van der Waals surface area contributed by atoms with Crippen LogP contribution in [0.15, 0.2) is 18.3 Å². The van der Waals surface area contributed by atoms with Gasteiger partial charge in [-0.3, -0.25) is 20.6 Å². The minimum Gasteiger partial charge on any atom is -0.340 e. The SMILES string of the molecule is CC1CC(CN(C)C(=O)c2ccc(C3CCCN(S(C)(=O)=O)C3)nc2)NN1. The summed E-state index contributed by atoms with van der Waals surface area (Å²) in [6, 6.07) is 4.30. The van der Waals surface area contributed by atoms with Crippen molar-refractivity contribution in [3.05, 3.63) is 29.6 Å². The van der Waals surface area contributed by atoms with Crippen molar-refractivity contribution in [3.8, 4) is 0 Å². The number of aromatic nitrogens is 1. The maximum absolute atomic E-state index is 12.6. The second-order valence-corrected chi connectivity index (χ2v) is 9.72. The highest BCUT2D eigenvalue weighted by Crippen LogP contribution is 2.27. The summed E-state index contributed by atoms with van der Waals surface area (Å²) in [5.41, 5.74) is 7.76. The zero-order valence-corrected chi connectivity index (χ0v) is 17.0. The topological polar surface area (TPSA) is 94.6 Å². The Balaban J connectivity index is 1.61. The largest absolute Gasteiger partial charge is 0.340 e. The normalized spacial score (nSPS) is 26.9. The Bertz CT molecular complexity index is 768. The van der Waals surface area contributed by atoms with Gasteiger partial charge in [-0.05, 0) is 38.3 Å². The van der Waals surface area contributed by atoms with Crippen LogP contribution in [0.1, 0.15) is 48.2 Å². The first kappa shape index (κ1) is 20.2. The number of nitrogens with one attached hydrogen (secondary N) is 2. The molecule has 1 aromatic heterocycles. The van der Waals surface area contributed by atoms with Crippen LogP contribution < -0.4 is 10.9 Å². The standard InChI is InChI=1S/C18H29N5O3S/c1-13-9-16(21-20-13)12-22(2)18(24)14-6-7-17(19-10-14)15-5-4-8-23(11-15)27(3,25)26/h6-7,10,13,15-16,20-21H,4-5,8-9,11-12H2,1-3H3. The summed E-state index contributed by atoms with van der Waals surface area (Å²) >= 11 is 0. The van der Waals surface area contributed by atoms with Crippen molar-refractivity contribution in [3.63, 3.8) is 0 Å². The van der Waals surface area contributed by atoms with Crippen molar-refractivity contribution in [1.82, 2.24) is 25.0 Å². The van der Waals surface area contributed by atoms with E-state index >= 15 is 0 Å². The molecule has 3 rings (SSSR count). The number of rotatable bonds is 5. The summed E-state index contributed by atoms with van der Waals surface area (Å²) < 4.78 is 25.1. The first-order valence-electron chi connectivity index (χ1n) is 9.41. The molecule has 0 radical (unpaired) electrons. The Morgan fingerprint density at radius 2 is 2.15 bits per heavy atom. The van der Waals surface area contributed by atoms with E-state index in [1.165, 1.54) is 10.6 Å². The molecule has 3 unspecified atom stereocenters. The van der Waals surface area contributed by atoms with Crippen molar-refractivity contribution < 1.29 is 13.2 Å². The van der Waals surface area contributed by atoms with Gasteiger partial charge >= 0.3 is 0 Å². The van der Waals surface area contributed by atoms with Crippen molar-refractivity contribution in [1.29, 1.82) is 0 Å². The fourth-order valence-electron chi connectivity index (χ4n) is 3.82. The van der Waals surface area contributed by atoms with Gasteiger partial charge in [0.2, 0.25) is 10.0 Å². The molecule has 2 aliphatic heterocycles. The van der Waals surface area contributed by atoms with Gasteiger partial charge in [0.1, 0.15) is 0 Å². The minimum atomic E-state index is -3.18. The number of amides is 1. The van der Waals surface area contributed by atoms with Gasteiger partial charge in [0.15, 0.2) is 0 Å². The van der Waals surface area contributed by atoms with Gasteiger partial charge in [0.05, 0.1) is 11.8 Å². The molecular formula is C18H29N5O3S. The first-order valence-corrected chi connectivity index (χ1v) is 11.3. The van der Waals surface area contributed by atoms with E-state index < -0.39 is 10.0 Å². The van der Waals surface area contributed by atoms with E-state index in [0.717, 1.165) is 25.0 Å². The molecule has 0 aromatic carbocycles. The number of nitrogens with zero attached hydrogens (tertiary/aromatic N) is 3. The fourth-order valence-corrected chi connectivity index (χ4v) is 4.73. The highest BCUT2D eigenvalue weighted by Gasteiger charge is 2.28. The Morgan fingerprint density at radius 3 is 2.74 bits per heavy atom. The van der Waals surface area contributed by atoms with Gasteiger partial charge in [-0.15, -0.1) is 0 Å². The van der Waals surface area contributed by atoms with Gasteiger partial charge < -0.3 is 4.90 Å². The first-order chi connectivity index (χ1) is 12.7. The number of sulfonamides is 1. The van der Waals surface area contributed by atoms with E-state index in [-0.39, 0.29) is 17.9 Å². The van der Waals surface area contributed by atoms with Crippen LogP contribution >= 0.6 is 0 Å². The number of carbonyl (C=O) groups is 1. The van der Waals surface area contributed by atoms with Crippen molar-refractivity contribution in [2.45, 2.75) is 44.2 Å². The molecule has 3 heterocycles. The summed E-state index contributed by atoms with van der Waals surface area (Å²) in [6.45, 7) is 3.76. The van der Waals surface area contributed by atoms with Crippen LogP contribution in [0.3, 0.4) is 0 Å². The third-order valence-electron chi connectivity index (χ3n) is 5.32. The molecule has 1 amide bonds. The molecule has 0 spiro atoms. The second kappa shape index (κ2) is 8.22. The van der Waals surface area contributed by atoms with Crippen LogP contribution in [0, 0.1) is 0 Å². The van der Waals surface area contributed by atoms with Gasteiger partial charge in [-0.2, -0.15) is 0 Å². The van der Waals surface area contributed by atoms with Gasteiger partial charge in [-0.25, -0.2) is 12.7 Å². The number of hydrogen-bond acceptors (Lipinski definition) is 6. The fraction of sp³-hybridized carbons (Fsp3) is 0.667. The third kappa shape index (κ3) is 5.04. The van der Waals surface area contributed by atoms with E-state index in [1.54, 1.807) is 24.2 Å². The molecule has 8 nitrogen and oxygen atoms in total. The molecule has 0 saturated carbocycles. The third-order valence-corrected chi connectivity index (χ3v) is 6.59. The minimum absolute atomic E-state index is 0.0585. The molecule has 9 heteroatoms. The Labute approximate surface area is 161 Å². The lowest BCUT2D eigenvalue weighted by Gasteiger charge is -2.30. The van der Waals surface area contributed by atoms with Crippen LogP contribution in [0.4, 0.5) is 0 Å². The number of carbonyl (C=O) groups excluding carboxylic acids is 1. The zero-order chi connectivity index (χ0) is 19.6. The summed E-state index contributed by atoms with van der Waals surface area (Å²) in [6.07, 6.45) is 5.56. The number of piperidine rings is 1. The van der Waals surface area contributed by atoms with E-state index in [0.29, 0.717) is 31.2 Å². The average Bonchev–Trinajstić information content (AvgIpc) is 3.05. The van der Waals surface area contributed by atoms with E-state index in [2.05, 4.69) is 22.8 Å². The number of hydrogen-bond donors (Lipinski definition) is 2. The number of pyridine rings is 1. The van der Waals surface area contributed by atoms with Crippen molar-refractivity contribution in [2.75, 3.05) is 32.9 Å².